The molecule has 118 valence electrons. The van der Waals surface area contributed by atoms with Crippen molar-refractivity contribution in [2.45, 2.75) is 43.4 Å². The van der Waals surface area contributed by atoms with Gasteiger partial charge in [-0.05, 0) is 24.5 Å². The van der Waals surface area contributed by atoms with Crippen LogP contribution >= 0.6 is 23.2 Å². The molecule has 1 saturated carbocycles. The Morgan fingerprint density at radius 2 is 1.86 bits per heavy atom. The van der Waals surface area contributed by atoms with Gasteiger partial charge in [0.1, 0.15) is 4.90 Å². The highest BCUT2D eigenvalue weighted by molar-refractivity contribution is 7.89. The molecule has 0 unspecified atom stereocenters. The van der Waals surface area contributed by atoms with Crippen LogP contribution in [-0.4, -0.2) is 15.0 Å². The fourth-order valence-electron chi connectivity index (χ4n) is 2.71. The average Bonchev–Trinajstić information content (AvgIpc) is 2.45. The highest BCUT2D eigenvalue weighted by Gasteiger charge is 2.21. The summed E-state index contributed by atoms with van der Waals surface area (Å²) < 4.78 is 27.1. The van der Waals surface area contributed by atoms with E-state index in [-0.39, 0.29) is 20.6 Å². The van der Waals surface area contributed by atoms with Crippen molar-refractivity contribution in [3.8, 4) is 0 Å². The molecule has 7 heteroatoms. The molecule has 0 spiro atoms. The Morgan fingerprint density at radius 1 is 1.19 bits per heavy atom. The number of rotatable bonds is 5. The lowest BCUT2D eigenvalue weighted by Crippen LogP contribution is -2.27. The van der Waals surface area contributed by atoms with Crippen LogP contribution in [-0.2, 0) is 10.0 Å². The molecule has 21 heavy (non-hydrogen) atoms. The zero-order valence-electron chi connectivity index (χ0n) is 11.7. The minimum atomic E-state index is -3.65. The number of nitrogen functional groups attached to an aromatic ring is 1. The summed E-state index contributed by atoms with van der Waals surface area (Å²) in [5.74, 6) is 0.618. The van der Waals surface area contributed by atoms with Gasteiger partial charge in [-0.1, -0.05) is 55.3 Å². The fraction of sp³-hybridized carbons (Fsp3) is 0.571. The molecule has 0 radical (unpaired) electrons. The molecule has 0 atom stereocenters. The molecule has 3 N–H and O–H groups in total. The summed E-state index contributed by atoms with van der Waals surface area (Å²) in [7, 11) is -3.65. The normalized spacial score (nSPS) is 17.0. The predicted octanol–water partition coefficient (Wildman–Crippen LogP) is 3.82. The fourth-order valence-corrected chi connectivity index (χ4v) is 4.52. The van der Waals surface area contributed by atoms with E-state index in [1.807, 2.05) is 0 Å². The van der Waals surface area contributed by atoms with E-state index in [2.05, 4.69) is 4.72 Å². The Kier molecular flexibility index (Phi) is 5.77. The Morgan fingerprint density at radius 3 is 2.52 bits per heavy atom. The molecule has 1 aromatic carbocycles. The maximum absolute atomic E-state index is 12.3. The molecule has 1 fully saturated rings. The van der Waals surface area contributed by atoms with Gasteiger partial charge >= 0.3 is 0 Å². The van der Waals surface area contributed by atoms with Crippen LogP contribution in [0.5, 0.6) is 0 Å². The van der Waals surface area contributed by atoms with Crippen molar-refractivity contribution in [3.63, 3.8) is 0 Å². The van der Waals surface area contributed by atoms with E-state index in [1.54, 1.807) is 0 Å². The van der Waals surface area contributed by atoms with Crippen LogP contribution in [0.15, 0.2) is 17.0 Å². The highest BCUT2D eigenvalue weighted by atomic mass is 35.5. The van der Waals surface area contributed by atoms with E-state index in [4.69, 9.17) is 28.9 Å². The van der Waals surface area contributed by atoms with Gasteiger partial charge in [-0.25, -0.2) is 13.1 Å². The molecular formula is C14H20Cl2N2O2S. The molecule has 0 aliphatic heterocycles. The zero-order chi connectivity index (χ0) is 15.5. The van der Waals surface area contributed by atoms with Crippen molar-refractivity contribution in [2.24, 2.45) is 5.92 Å². The summed E-state index contributed by atoms with van der Waals surface area (Å²) in [6.45, 7) is 0.422. The van der Waals surface area contributed by atoms with Crippen LogP contribution in [0.4, 0.5) is 5.69 Å². The number of hydrogen-bond acceptors (Lipinski definition) is 3. The third kappa shape index (κ3) is 4.25. The second kappa shape index (κ2) is 7.18. The SMILES string of the molecule is Nc1c(Cl)ccc(S(=O)(=O)NCCC2CCCCC2)c1Cl. The lowest BCUT2D eigenvalue weighted by molar-refractivity contribution is 0.339. The lowest BCUT2D eigenvalue weighted by atomic mass is 9.87. The molecule has 2 rings (SSSR count). The number of hydrogen-bond donors (Lipinski definition) is 2. The van der Waals surface area contributed by atoms with Crippen molar-refractivity contribution in [2.75, 3.05) is 12.3 Å². The number of anilines is 1. The van der Waals surface area contributed by atoms with Crippen LogP contribution < -0.4 is 10.5 Å². The first-order valence-corrected chi connectivity index (χ1v) is 9.39. The maximum atomic E-state index is 12.3. The smallest absolute Gasteiger partial charge is 0.242 e. The molecule has 0 bridgehead atoms. The summed E-state index contributed by atoms with van der Waals surface area (Å²) in [4.78, 5) is -0.0188. The van der Waals surface area contributed by atoms with E-state index in [9.17, 15) is 8.42 Å². The van der Waals surface area contributed by atoms with Crippen molar-refractivity contribution < 1.29 is 8.42 Å². The average molecular weight is 351 g/mol. The number of benzene rings is 1. The lowest BCUT2D eigenvalue weighted by Gasteiger charge is -2.21. The minimum Gasteiger partial charge on any atom is -0.396 e. The van der Waals surface area contributed by atoms with Crippen LogP contribution in [0.25, 0.3) is 0 Å². The zero-order valence-corrected chi connectivity index (χ0v) is 14.1. The van der Waals surface area contributed by atoms with E-state index in [1.165, 1.54) is 44.2 Å². The van der Waals surface area contributed by atoms with Gasteiger partial charge in [-0.3, -0.25) is 0 Å². The van der Waals surface area contributed by atoms with Gasteiger partial charge in [0, 0.05) is 6.54 Å². The number of nitrogens with two attached hydrogens (primary N) is 1. The molecule has 0 amide bonds. The van der Waals surface area contributed by atoms with Crippen molar-refractivity contribution >= 4 is 38.9 Å². The Hall–Kier alpha value is -0.490. The maximum Gasteiger partial charge on any atom is 0.242 e. The third-order valence-corrected chi connectivity index (χ3v) is 6.30. The van der Waals surface area contributed by atoms with E-state index in [0.29, 0.717) is 12.5 Å². The first kappa shape index (κ1) is 16.9. The standard InChI is InChI=1S/C14H20Cl2N2O2S/c15-11-6-7-12(13(16)14(11)17)21(19,20)18-9-8-10-4-2-1-3-5-10/h6-7,10,18H,1-5,8-9,17H2. The van der Waals surface area contributed by atoms with Gasteiger partial charge in [0.25, 0.3) is 0 Å². The van der Waals surface area contributed by atoms with E-state index in [0.717, 1.165) is 6.42 Å². The number of sulfonamides is 1. The Balaban J connectivity index is 2.00. The largest absolute Gasteiger partial charge is 0.396 e. The quantitative estimate of drug-likeness (QED) is 0.792. The summed E-state index contributed by atoms with van der Waals surface area (Å²) in [5.41, 5.74) is 5.76. The van der Waals surface area contributed by atoms with Crippen molar-refractivity contribution in [1.82, 2.24) is 4.72 Å². The Bertz CT molecular complexity index is 599. The summed E-state index contributed by atoms with van der Waals surface area (Å²) in [6.07, 6.45) is 7.03. The first-order valence-electron chi connectivity index (χ1n) is 7.15. The summed E-state index contributed by atoms with van der Waals surface area (Å²) >= 11 is 11.8. The molecule has 1 aliphatic rings. The molecule has 0 saturated heterocycles. The topological polar surface area (TPSA) is 72.2 Å². The number of nitrogens with one attached hydrogen (secondary N) is 1. The number of halogens is 2. The van der Waals surface area contributed by atoms with Gasteiger partial charge in [0.15, 0.2) is 0 Å². The van der Waals surface area contributed by atoms with Crippen molar-refractivity contribution in [3.05, 3.63) is 22.2 Å². The van der Waals surface area contributed by atoms with Crippen LogP contribution in [0.3, 0.4) is 0 Å². The third-order valence-electron chi connectivity index (χ3n) is 3.95. The van der Waals surface area contributed by atoms with Gasteiger partial charge in [0.2, 0.25) is 10.0 Å². The van der Waals surface area contributed by atoms with Gasteiger partial charge < -0.3 is 5.73 Å². The molecular weight excluding hydrogens is 331 g/mol. The monoisotopic (exact) mass is 350 g/mol. The molecule has 1 aromatic rings. The molecule has 0 aromatic heterocycles. The van der Waals surface area contributed by atoms with Crippen LogP contribution in [0.1, 0.15) is 38.5 Å². The predicted molar refractivity (Wildman–Crippen MR) is 87.3 cm³/mol. The highest BCUT2D eigenvalue weighted by Crippen LogP contribution is 2.33. The van der Waals surface area contributed by atoms with Crippen molar-refractivity contribution in [1.29, 1.82) is 0 Å². The minimum absolute atomic E-state index is 0.0188. The van der Waals surface area contributed by atoms with Crippen LogP contribution in [0, 0.1) is 5.92 Å². The molecule has 0 heterocycles. The van der Waals surface area contributed by atoms with E-state index >= 15 is 0 Å². The van der Waals surface area contributed by atoms with Gasteiger partial charge in [-0.15, -0.1) is 0 Å². The summed E-state index contributed by atoms with van der Waals surface area (Å²) in [6, 6.07) is 2.82. The van der Waals surface area contributed by atoms with E-state index < -0.39 is 10.0 Å². The van der Waals surface area contributed by atoms with Gasteiger partial charge in [0.05, 0.1) is 15.7 Å². The summed E-state index contributed by atoms with van der Waals surface area (Å²) in [5, 5.41) is 0.230. The van der Waals surface area contributed by atoms with Gasteiger partial charge in [-0.2, -0.15) is 0 Å². The molecule has 4 nitrogen and oxygen atoms in total. The van der Waals surface area contributed by atoms with Crippen LogP contribution in [0.2, 0.25) is 10.0 Å². The second-order valence-electron chi connectivity index (χ2n) is 5.46. The molecule has 1 aliphatic carbocycles. The Labute approximate surface area is 136 Å². The second-order valence-corrected chi connectivity index (χ2v) is 7.98. The first-order chi connectivity index (χ1) is 9.92.